The summed E-state index contributed by atoms with van der Waals surface area (Å²) in [6, 6.07) is 6.91. The van der Waals surface area contributed by atoms with Gasteiger partial charge in [0.25, 0.3) is 0 Å². The maximum absolute atomic E-state index is 12.6. The molecule has 1 atom stereocenters. The molecule has 0 saturated heterocycles. The lowest BCUT2D eigenvalue weighted by atomic mass is 10.1. The van der Waals surface area contributed by atoms with E-state index in [9.17, 15) is 9.18 Å². The third-order valence-corrected chi connectivity index (χ3v) is 1.77. The molecule has 0 aromatic heterocycles. The van der Waals surface area contributed by atoms with Gasteiger partial charge in [-0.3, -0.25) is 0 Å². The lowest BCUT2D eigenvalue weighted by Crippen LogP contribution is -2.11. The second kappa shape index (κ2) is 5.71. The highest BCUT2D eigenvalue weighted by Crippen LogP contribution is 2.17. The largest absolute Gasteiger partial charge is 0.509 e. The van der Waals surface area contributed by atoms with Gasteiger partial charge in [-0.2, -0.15) is 5.26 Å². The van der Waals surface area contributed by atoms with E-state index in [1.807, 2.05) is 0 Å². The molecule has 0 fully saturated rings. The molecule has 16 heavy (non-hydrogen) atoms. The second-order valence-corrected chi connectivity index (χ2v) is 2.86. The molecule has 84 valence electrons. The van der Waals surface area contributed by atoms with Gasteiger partial charge in [0.1, 0.15) is 11.9 Å². The summed E-state index contributed by atoms with van der Waals surface area (Å²) in [5, 5.41) is 8.79. The van der Waals surface area contributed by atoms with Crippen LogP contribution in [0.1, 0.15) is 18.6 Å². The predicted molar refractivity (Wildman–Crippen MR) is 52.9 cm³/mol. The summed E-state index contributed by atoms with van der Waals surface area (Å²) in [6.07, 6.45) is -2.00. The number of benzene rings is 1. The molecule has 0 heterocycles. The molecule has 5 heteroatoms. The third-order valence-electron chi connectivity index (χ3n) is 1.77. The number of carbonyl (C=O) groups is 1. The monoisotopic (exact) mass is 223 g/mol. The maximum Gasteiger partial charge on any atom is 0.509 e. The Hall–Kier alpha value is -2.09. The molecule has 1 rings (SSSR count). The number of halogens is 1. The average molecular weight is 223 g/mol. The fraction of sp³-hybridized carbons (Fsp3) is 0.273. The zero-order chi connectivity index (χ0) is 12.0. The fourth-order valence-electron chi connectivity index (χ4n) is 1.05. The summed E-state index contributed by atoms with van der Waals surface area (Å²) in [5.74, 6) is -0.420. The van der Waals surface area contributed by atoms with Crippen molar-refractivity contribution in [2.24, 2.45) is 0 Å². The Kier molecular flexibility index (Phi) is 4.28. The second-order valence-electron chi connectivity index (χ2n) is 2.86. The Labute approximate surface area is 92.2 Å². The van der Waals surface area contributed by atoms with Crippen molar-refractivity contribution in [3.8, 4) is 6.07 Å². The van der Waals surface area contributed by atoms with Crippen LogP contribution < -0.4 is 0 Å². The molecule has 1 aromatic carbocycles. The zero-order valence-electron chi connectivity index (χ0n) is 8.64. The van der Waals surface area contributed by atoms with Gasteiger partial charge in [-0.05, 0) is 19.1 Å². The number of ether oxygens (including phenoxy) is 2. The summed E-state index contributed by atoms with van der Waals surface area (Å²) < 4.78 is 21.9. The van der Waals surface area contributed by atoms with Crippen molar-refractivity contribution in [2.45, 2.75) is 13.0 Å². The Morgan fingerprint density at radius 1 is 1.50 bits per heavy atom. The Bertz CT molecular complexity index is 397. The standard InChI is InChI=1S/C11H10FNO3/c1-2-15-11(14)16-10(7-13)8-3-5-9(12)6-4-8/h3-6,10H,2H2,1H3/t10-/m0/s1. The SMILES string of the molecule is CCOC(=O)O[C@@H](C#N)c1ccc(F)cc1. The van der Waals surface area contributed by atoms with Crippen molar-refractivity contribution >= 4 is 6.16 Å². The Morgan fingerprint density at radius 3 is 2.62 bits per heavy atom. The van der Waals surface area contributed by atoms with Crippen LogP contribution in [0.5, 0.6) is 0 Å². The minimum absolute atomic E-state index is 0.167. The number of nitrogens with zero attached hydrogens (tertiary/aromatic N) is 1. The first kappa shape index (κ1) is 12.0. The van der Waals surface area contributed by atoms with E-state index in [2.05, 4.69) is 4.74 Å². The van der Waals surface area contributed by atoms with Crippen LogP contribution in [-0.4, -0.2) is 12.8 Å². The topological polar surface area (TPSA) is 59.3 Å². The van der Waals surface area contributed by atoms with Gasteiger partial charge in [0, 0.05) is 5.56 Å². The highest BCUT2D eigenvalue weighted by Gasteiger charge is 2.16. The van der Waals surface area contributed by atoms with Crippen molar-refractivity contribution in [1.82, 2.24) is 0 Å². The zero-order valence-corrected chi connectivity index (χ0v) is 8.64. The van der Waals surface area contributed by atoms with Crippen molar-refractivity contribution in [1.29, 1.82) is 5.26 Å². The molecule has 1 aromatic rings. The lowest BCUT2D eigenvalue weighted by molar-refractivity contribution is 0.0421. The molecule has 0 saturated carbocycles. The number of hydrogen-bond donors (Lipinski definition) is 0. The molecule has 0 aliphatic carbocycles. The summed E-state index contributed by atoms with van der Waals surface area (Å²) >= 11 is 0. The van der Waals surface area contributed by atoms with Crippen LogP contribution in [0, 0.1) is 17.1 Å². The highest BCUT2D eigenvalue weighted by atomic mass is 19.1. The molecule has 4 nitrogen and oxygen atoms in total. The van der Waals surface area contributed by atoms with E-state index < -0.39 is 18.1 Å². The van der Waals surface area contributed by atoms with Crippen molar-refractivity contribution < 1.29 is 18.7 Å². The molecular formula is C11H10FNO3. The summed E-state index contributed by atoms with van der Waals surface area (Å²) in [5.41, 5.74) is 0.400. The first-order chi connectivity index (χ1) is 7.67. The summed E-state index contributed by atoms with van der Waals surface area (Å²) in [6.45, 7) is 1.79. The van der Waals surface area contributed by atoms with Crippen LogP contribution in [0.4, 0.5) is 9.18 Å². The van der Waals surface area contributed by atoms with E-state index in [4.69, 9.17) is 10.00 Å². The first-order valence-electron chi connectivity index (χ1n) is 4.66. The molecule has 0 unspecified atom stereocenters. The van der Waals surface area contributed by atoms with E-state index in [-0.39, 0.29) is 6.61 Å². The van der Waals surface area contributed by atoms with E-state index in [1.54, 1.807) is 13.0 Å². The number of nitriles is 1. The average Bonchev–Trinajstić information content (AvgIpc) is 2.27. The maximum atomic E-state index is 12.6. The lowest BCUT2D eigenvalue weighted by Gasteiger charge is -2.10. The number of hydrogen-bond acceptors (Lipinski definition) is 4. The van der Waals surface area contributed by atoms with E-state index in [1.165, 1.54) is 24.3 Å². The van der Waals surface area contributed by atoms with Gasteiger partial charge in [-0.1, -0.05) is 12.1 Å². The number of carbonyl (C=O) groups excluding carboxylic acids is 1. The van der Waals surface area contributed by atoms with Crippen molar-refractivity contribution in [3.05, 3.63) is 35.6 Å². The summed E-state index contributed by atoms with van der Waals surface area (Å²) in [4.78, 5) is 11.0. The highest BCUT2D eigenvalue weighted by molar-refractivity contribution is 5.60. The fourth-order valence-corrected chi connectivity index (χ4v) is 1.05. The Balaban J connectivity index is 2.72. The van der Waals surface area contributed by atoms with Gasteiger partial charge < -0.3 is 9.47 Å². The molecule has 0 bridgehead atoms. The van der Waals surface area contributed by atoms with Crippen LogP contribution in [-0.2, 0) is 9.47 Å². The van der Waals surface area contributed by atoms with Gasteiger partial charge >= 0.3 is 6.16 Å². The predicted octanol–water partition coefficient (Wildman–Crippen LogP) is 2.56. The van der Waals surface area contributed by atoms with E-state index >= 15 is 0 Å². The first-order valence-corrected chi connectivity index (χ1v) is 4.66. The van der Waals surface area contributed by atoms with Gasteiger partial charge in [-0.15, -0.1) is 0 Å². The Morgan fingerprint density at radius 2 is 2.12 bits per heavy atom. The minimum Gasteiger partial charge on any atom is -0.435 e. The van der Waals surface area contributed by atoms with Crippen molar-refractivity contribution in [3.63, 3.8) is 0 Å². The van der Waals surface area contributed by atoms with E-state index in [0.29, 0.717) is 5.56 Å². The van der Waals surface area contributed by atoms with Gasteiger partial charge in [0.05, 0.1) is 6.61 Å². The van der Waals surface area contributed by atoms with Crippen LogP contribution in [0.15, 0.2) is 24.3 Å². The van der Waals surface area contributed by atoms with Gasteiger partial charge in [-0.25, -0.2) is 9.18 Å². The molecule has 0 amide bonds. The minimum atomic E-state index is -1.08. The van der Waals surface area contributed by atoms with E-state index in [0.717, 1.165) is 0 Å². The molecule has 0 spiro atoms. The van der Waals surface area contributed by atoms with Crippen LogP contribution in [0.25, 0.3) is 0 Å². The molecular weight excluding hydrogens is 213 g/mol. The van der Waals surface area contributed by atoms with Crippen LogP contribution in [0.3, 0.4) is 0 Å². The van der Waals surface area contributed by atoms with Crippen LogP contribution in [0.2, 0.25) is 0 Å². The van der Waals surface area contributed by atoms with Gasteiger partial charge in [0.15, 0.2) is 0 Å². The van der Waals surface area contributed by atoms with Gasteiger partial charge in [0.2, 0.25) is 6.10 Å². The third kappa shape index (κ3) is 3.24. The molecule has 0 N–H and O–H groups in total. The molecule has 0 radical (unpaired) electrons. The molecule has 0 aliphatic heterocycles. The normalized spacial score (nSPS) is 11.3. The molecule has 0 aliphatic rings. The number of rotatable bonds is 3. The van der Waals surface area contributed by atoms with Crippen molar-refractivity contribution in [2.75, 3.05) is 6.61 Å². The smallest absolute Gasteiger partial charge is 0.435 e. The quantitative estimate of drug-likeness (QED) is 0.739. The summed E-state index contributed by atoms with van der Waals surface area (Å²) in [7, 11) is 0. The van der Waals surface area contributed by atoms with Crippen LogP contribution >= 0.6 is 0 Å².